The number of amides is 1. The average Bonchev–Trinajstić information content (AvgIpc) is 3.40. The Bertz CT molecular complexity index is 1100. The van der Waals surface area contributed by atoms with Crippen LogP contribution >= 0.6 is 0 Å². The molecule has 2 aromatic carbocycles. The molecule has 0 spiro atoms. The molecule has 1 aromatic heterocycles. The molecule has 0 bridgehead atoms. The third-order valence-electron chi connectivity index (χ3n) is 5.86. The number of likely N-dealkylation sites (tertiary alicyclic amines) is 1. The van der Waals surface area contributed by atoms with Gasteiger partial charge in [0.1, 0.15) is 11.5 Å². The van der Waals surface area contributed by atoms with Crippen LogP contribution in [0.4, 0.5) is 0 Å². The molecular formula is C25H29N3O4. The number of aromatic nitrogens is 2. The minimum absolute atomic E-state index is 0.0501. The molecule has 7 heteroatoms. The Balaban J connectivity index is 1.48. The quantitative estimate of drug-likeness (QED) is 0.565. The maximum absolute atomic E-state index is 12.7. The molecule has 4 rings (SSSR count). The highest BCUT2D eigenvalue weighted by atomic mass is 16.5. The molecule has 2 heterocycles. The number of carbonyl (C=O) groups excluding carboxylic acids is 1. The lowest BCUT2D eigenvalue weighted by atomic mass is 9.87. The first-order valence-electron chi connectivity index (χ1n) is 10.7. The van der Waals surface area contributed by atoms with Crippen molar-refractivity contribution in [3.05, 3.63) is 59.5 Å². The first kappa shape index (κ1) is 21.9. The van der Waals surface area contributed by atoms with Gasteiger partial charge in [0.15, 0.2) is 0 Å². The number of methoxy groups -OCH3 is 2. The predicted octanol–water partition coefficient (Wildman–Crippen LogP) is 4.57. The number of nitrogens with zero attached hydrogens (tertiary/aromatic N) is 3. The highest BCUT2D eigenvalue weighted by molar-refractivity contribution is 5.79. The number of carbonyl (C=O) groups is 1. The molecule has 1 fully saturated rings. The summed E-state index contributed by atoms with van der Waals surface area (Å²) < 4.78 is 16.3. The van der Waals surface area contributed by atoms with Crippen LogP contribution in [0, 0.1) is 0 Å². The van der Waals surface area contributed by atoms with Crippen molar-refractivity contribution in [1.29, 1.82) is 0 Å². The van der Waals surface area contributed by atoms with Crippen molar-refractivity contribution in [3.8, 4) is 22.9 Å². The second-order valence-electron chi connectivity index (χ2n) is 9.14. The van der Waals surface area contributed by atoms with Gasteiger partial charge in [-0.15, -0.1) is 0 Å². The molecule has 1 unspecified atom stereocenters. The van der Waals surface area contributed by atoms with Crippen LogP contribution in [0.2, 0.25) is 0 Å². The van der Waals surface area contributed by atoms with Gasteiger partial charge < -0.3 is 18.9 Å². The van der Waals surface area contributed by atoms with Gasteiger partial charge in [0, 0.05) is 30.6 Å². The number of hydrogen-bond donors (Lipinski definition) is 0. The second-order valence-corrected chi connectivity index (χ2v) is 9.14. The van der Waals surface area contributed by atoms with Crippen LogP contribution in [0.1, 0.15) is 50.1 Å². The number of hydrogen-bond acceptors (Lipinski definition) is 6. The van der Waals surface area contributed by atoms with Crippen molar-refractivity contribution in [2.24, 2.45) is 0 Å². The summed E-state index contributed by atoms with van der Waals surface area (Å²) in [7, 11) is 3.24. The Morgan fingerprint density at radius 3 is 2.50 bits per heavy atom. The molecule has 0 aliphatic carbocycles. The zero-order valence-corrected chi connectivity index (χ0v) is 19.2. The number of rotatable bonds is 6. The normalized spacial score (nSPS) is 16.5. The second kappa shape index (κ2) is 8.65. The van der Waals surface area contributed by atoms with E-state index in [1.807, 2.05) is 30.3 Å². The summed E-state index contributed by atoms with van der Waals surface area (Å²) in [5.74, 6) is 2.40. The molecule has 32 heavy (non-hydrogen) atoms. The smallest absolute Gasteiger partial charge is 0.232 e. The molecule has 1 atom stereocenters. The van der Waals surface area contributed by atoms with Crippen molar-refractivity contribution in [3.63, 3.8) is 0 Å². The van der Waals surface area contributed by atoms with Crippen LogP contribution in [0.25, 0.3) is 11.4 Å². The van der Waals surface area contributed by atoms with Crippen molar-refractivity contribution in [2.75, 3.05) is 20.8 Å². The van der Waals surface area contributed by atoms with Gasteiger partial charge in [0.2, 0.25) is 17.6 Å². The van der Waals surface area contributed by atoms with Crippen LogP contribution in [-0.2, 0) is 16.8 Å². The first-order valence-corrected chi connectivity index (χ1v) is 10.7. The van der Waals surface area contributed by atoms with E-state index in [1.54, 1.807) is 19.1 Å². The fourth-order valence-electron chi connectivity index (χ4n) is 3.94. The van der Waals surface area contributed by atoms with Crippen LogP contribution in [0.5, 0.6) is 11.5 Å². The molecule has 168 valence electrons. The third-order valence-corrected chi connectivity index (χ3v) is 5.86. The zero-order valence-electron chi connectivity index (χ0n) is 19.2. The van der Waals surface area contributed by atoms with E-state index >= 15 is 0 Å². The first-order chi connectivity index (χ1) is 15.3. The SMILES string of the molecule is COc1ccc(OC)c(CN2CC(c3nc(-c4ccc(C(C)(C)C)cc4)no3)CC2=O)c1. The summed E-state index contributed by atoms with van der Waals surface area (Å²) >= 11 is 0. The Kier molecular flexibility index (Phi) is 5.91. The summed E-state index contributed by atoms with van der Waals surface area (Å²) in [6.07, 6.45) is 0.344. The maximum atomic E-state index is 12.7. The molecule has 0 radical (unpaired) electrons. The monoisotopic (exact) mass is 435 g/mol. The highest BCUT2D eigenvalue weighted by Gasteiger charge is 2.34. The van der Waals surface area contributed by atoms with E-state index in [9.17, 15) is 4.79 Å². The summed E-state index contributed by atoms with van der Waals surface area (Å²) in [5.41, 5.74) is 3.12. The Morgan fingerprint density at radius 2 is 1.84 bits per heavy atom. The van der Waals surface area contributed by atoms with Crippen LogP contribution in [0.15, 0.2) is 47.0 Å². The summed E-state index contributed by atoms with van der Waals surface area (Å²) in [4.78, 5) is 19.1. The summed E-state index contributed by atoms with van der Waals surface area (Å²) in [6, 6.07) is 13.8. The van der Waals surface area contributed by atoms with Crippen molar-refractivity contribution in [2.45, 2.75) is 45.1 Å². The Labute approximate surface area is 188 Å². The Hall–Kier alpha value is -3.35. The van der Waals surface area contributed by atoms with Crippen molar-refractivity contribution >= 4 is 5.91 Å². The van der Waals surface area contributed by atoms with Gasteiger partial charge in [-0.3, -0.25) is 4.79 Å². The van der Waals surface area contributed by atoms with E-state index in [2.05, 4.69) is 43.0 Å². The molecule has 1 aliphatic heterocycles. The lowest BCUT2D eigenvalue weighted by Crippen LogP contribution is -2.24. The van der Waals surface area contributed by atoms with Crippen LogP contribution < -0.4 is 9.47 Å². The van der Waals surface area contributed by atoms with Gasteiger partial charge in [0.25, 0.3) is 0 Å². The molecule has 1 saturated heterocycles. The molecule has 0 saturated carbocycles. The van der Waals surface area contributed by atoms with Crippen LogP contribution in [0.3, 0.4) is 0 Å². The van der Waals surface area contributed by atoms with E-state index in [0.717, 1.165) is 22.6 Å². The van der Waals surface area contributed by atoms with E-state index < -0.39 is 0 Å². The van der Waals surface area contributed by atoms with Crippen LogP contribution in [-0.4, -0.2) is 41.7 Å². The number of benzene rings is 2. The largest absolute Gasteiger partial charge is 0.497 e. The molecule has 3 aromatic rings. The predicted molar refractivity (Wildman–Crippen MR) is 121 cm³/mol. The maximum Gasteiger partial charge on any atom is 0.232 e. The third kappa shape index (κ3) is 4.47. The van der Waals surface area contributed by atoms with Gasteiger partial charge in [-0.25, -0.2) is 0 Å². The molecular weight excluding hydrogens is 406 g/mol. The van der Waals surface area contributed by atoms with Gasteiger partial charge in [0.05, 0.1) is 20.1 Å². The minimum atomic E-state index is -0.130. The van der Waals surface area contributed by atoms with Gasteiger partial charge in [-0.1, -0.05) is 50.2 Å². The lowest BCUT2D eigenvalue weighted by Gasteiger charge is -2.18. The molecule has 7 nitrogen and oxygen atoms in total. The van der Waals surface area contributed by atoms with Gasteiger partial charge in [-0.2, -0.15) is 4.98 Å². The van der Waals surface area contributed by atoms with Gasteiger partial charge >= 0.3 is 0 Å². The minimum Gasteiger partial charge on any atom is -0.497 e. The average molecular weight is 436 g/mol. The lowest BCUT2D eigenvalue weighted by molar-refractivity contribution is -0.128. The van der Waals surface area contributed by atoms with E-state index in [1.165, 1.54) is 5.56 Å². The van der Waals surface area contributed by atoms with Crippen molar-refractivity contribution in [1.82, 2.24) is 15.0 Å². The standard InChI is InChI=1S/C25H29N3O4/c1-25(2,3)19-8-6-16(7-9-19)23-26-24(32-27-23)18-13-22(29)28(15-18)14-17-12-20(30-4)10-11-21(17)31-5/h6-12,18H,13-15H2,1-5H3. The molecule has 1 amide bonds. The fourth-order valence-corrected chi connectivity index (χ4v) is 3.94. The molecule has 0 N–H and O–H groups in total. The summed E-state index contributed by atoms with van der Waals surface area (Å²) in [5, 5.41) is 4.15. The number of ether oxygens (including phenoxy) is 2. The van der Waals surface area contributed by atoms with E-state index in [4.69, 9.17) is 14.0 Å². The summed E-state index contributed by atoms with van der Waals surface area (Å²) in [6.45, 7) is 7.49. The highest BCUT2D eigenvalue weighted by Crippen LogP contribution is 2.32. The van der Waals surface area contributed by atoms with Gasteiger partial charge in [-0.05, 0) is 29.2 Å². The topological polar surface area (TPSA) is 77.7 Å². The Morgan fingerprint density at radius 1 is 1.09 bits per heavy atom. The fraction of sp³-hybridized carbons (Fsp3) is 0.400. The zero-order chi connectivity index (χ0) is 22.9. The van der Waals surface area contributed by atoms with Crippen molar-refractivity contribution < 1.29 is 18.8 Å². The molecule has 1 aliphatic rings. The van der Waals surface area contributed by atoms with E-state index in [-0.39, 0.29) is 17.2 Å². The van der Waals surface area contributed by atoms with E-state index in [0.29, 0.717) is 31.2 Å².